The average molecular weight is 258 g/mol. The Morgan fingerprint density at radius 1 is 1.33 bits per heavy atom. The largest absolute Gasteiger partial charge is 0.468 e. The van der Waals surface area contributed by atoms with E-state index in [9.17, 15) is 9.59 Å². The summed E-state index contributed by atoms with van der Waals surface area (Å²) >= 11 is 0. The molecule has 1 saturated heterocycles. The van der Waals surface area contributed by atoms with Crippen LogP contribution in [0.4, 0.5) is 4.79 Å². The van der Waals surface area contributed by atoms with Gasteiger partial charge >= 0.3 is 12.1 Å². The van der Waals surface area contributed by atoms with Gasteiger partial charge in [0.1, 0.15) is 11.1 Å². The van der Waals surface area contributed by atoms with Gasteiger partial charge in [-0.1, -0.05) is 0 Å². The second kappa shape index (κ2) is 5.14. The van der Waals surface area contributed by atoms with Crippen molar-refractivity contribution in [3.05, 3.63) is 0 Å². The summed E-state index contributed by atoms with van der Waals surface area (Å²) in [6.07, 6.45) is 0.727. The van der Waals surface area contributed by atoms with E-state index < -0.39 is 23.2 Å². The van der Waals surface area contributed by atoms with Gasteiger partial charge in [0.05, 0.1) is 13.7 Å². The number of carbonyl (C=O) groups is 2. The number of methoxy groups -OCH3 is 1. The predicted molar refractivity (Wildman–Crippen MR) is 66.0 cm³/mol. The Morgan fingerprint density at radius 3 is 2.44 bits per heavy atom. The molecule has 1 fully saturated rings. The van der Waals surface area contributed by atoms with Crippen LogP contribution < -0.4 is 5.73 Å². The molecule has 1 heterocycles. The van der Waals surface area contributed by atoms with Crippen LogP contribution in [0, 0.1) is 0 Å². The smallest absolute Gasteiger partial charge is 0.410 e. The number of amides is 1. The molecule has 2 N–H and O–H groups in total. The van der Waals surface area contributed by atoms with Gasteiger partial charge in [-0.25, -0.2) is 9.59 Å². The first kappa shape index (κ1) is 14.8. The number of hydrogen-bond acceptors (Lipinski definition) is 5. The Morgan fingerprint density at radius 2 is 1.94 bits per heavy atom. The number of rotatable bonds is 1. The van der Waals surface area contributed by atoms with E-state index in [1.165, 1.54) is 12.0 Å². The highest BCUT2D eigenvalue weighted by Crippen LogP contribution is 2.22. The lowest BCUT2D eigenvalue weighted by Gasteiger charge is -2.38. The molecule has 18 heavy (non-hydrogen) atoms. The fraction of sp³-hybridized carbons (Fsp3) is 0.833. The Labute approximate surface area is 107 Å². The minimum atomic E-state index is -1.12. The number of ether oxygens (including phenoxy) is 2. The van der Waals surface area contributed by atoms with E-state index in [0.29, 0.717) is 19.4 Å². The molecule has 1 rings (SSSR count). The first-order chi connectivity index (χ1) is 8.18. The standard InChI is InChI=1S/C12H22N2O4/c1-11(2,3)18-10(16)14-7-5-6-12(13,8-14)9(15)17-4/h5-8,13H2,1-4H3. The number of nitrogens with zero attached hydrogens (tertiary/aromatic N) is 1. The topological polar surface area (TPSA) is 81.9 Å². The Kier molecular flexibility index (Phi) is 4.21. The summed E-state index contributed by atoms with van der Waals surface area (Å²) in [7, 11) is 1.30. The quantitative estimate of drug-likeness (QED) is 0.706. The van der Waals surface area contributed by atoms with E-state index in [4.69, 9.17) is 10.5 Å². The van der Waals surface area contributed by atoms with Crippen molar-refractivity contribution in [1.29, 1.82) is 0 Å². The van der Waals surface area contributed by atoms with Crippen molar-refractivity contribution in [3.8, 4) is 0 Å². The molecule has 1 aliphatic heterocycles. The molecule has 104 valence electrons. The van der Waals surface area contributed by atoms with E-state index in [2.05, 4.69) is 4.74 Å². The molecule has 6 nitrogen and oxygen atoms in total. The molecule has 0 aromatic rings. The summed E-state index contributed by atoms with van der Waals surface area (Å²) in [6, 6.07) is 0. The number of nitrogens with two attached hydrogens (primary N) is 1. The van der Waals surface area contributed by atoms with Crippen LogP contribution in [0.2, 0.25) is 0 Å². The molecular weight excluding hydrogens is 236 g/mol. The molecule has 6 heteroatoms. The Balaban J connectivity index is 2.69. The minimum absolute atomic E-state index is 0.134. The molecule has 1 amide bonds. The number of carbonyl (C=O) groups excluding carboxylic acids is 2. The van der Waals surface area contributed by atoms with E-state index in [1.807, 2.05) is 0 Å². The summed E-state index contributed by atoms with van der Waals surface area (Å²) in [6.45, 7) is 6.07. The van der Waals surface area contributed by atoms with Crippen molar-refractivity contribution in [2.75, 3.05) is 20.2 Å². The molecule has 1 atom stereocenters. The summed E-state index contributed by atoms with van der Waals surface area (Å²) < 4.78 is 9.94. The van der Waals surface area contributed by atoms with Gasteiger partial charge in [-0.15, -0.1) is 0 Å². The lowest BCUT2D eigenvalue weighted by atomic mass is 9.90. The van der Waals surface area contributed by atoms with Crippen LogP contribution in [0.15, 0.2) is 0 Å². The lowest BCUT2D eigenvalue weighted by Crippen LogP contribution is -2.61. The maximum absolute atomic E-state index is 11.9. The first-order valence-electron chi connectivity index (χ1n) is 6.03. The van der Waals surface area contributed by atoms with Crippen LogP contribution in [0.5, 0.6) is 0 Å². The highest BCUT2D eigenvalue weighted by molar-refractivity contribution is 5.82. The van der Waals surface area contributed by atoms with Crippen molar-refractivity contribution in [3.63, 3.8) is 0 Å². The highest BCUT2D eigenvalue weighted by Gasteiger charge is 2.42. The normalized spacial score (nSPS) is 24.6. The summed E-state index contributed by atoms with van der Waals surface area (Å²) in [4.78, 5) is 25.0. The van der Waals surface area contributed by atoms with Crippen LogP contribution >= 0.6 is 0 Å². The van der Waals surface area contributed by atoms with Crippen LogP contribution in [0.3, 0.4) is 0 Å². The highest BCUT2D eigenvalue weighted by atomic mass is 16.6. The number of hydrogen-bond donors (Lipinski definition) is 1. The molecular formula is C12H22N2O4. The van der Waals surface area contributed by atoms with Crippen molar-refractivity contribution in [2.45, 2.75) is 44.8 Å². The van der Waals surface area contributed by atoms with Crippen molar-refractivity contribution < 1.29 is 19.1 Å². The average Bonchev–Trinajstić information content (AvgIpc) is 2.25. The molecule has 0 aliphatic carbocycles. The van der Waals surface area contributed by atoms with E-state index in [1.54, 1.807) is 20.8 Å². The Hall–Kier alpha value is -1.30. The first-order valence-corrected chi connectivity index (χ1v) is 6.03. The van der Waals surface area contributed by atoms with Crippen LogP contribution in [0.25, 0.3) is 0 Å². The SMILES string of the molecule is COC(=O)C1(N)CCCN(C(=O)OC(C)(C)C)C1. The summed E-state index contributed by atoms with van der Waals surface area (Å²) in [5, 5.41) is 0. The van der Waals surface area contributed by atoms with Gasteiger partial charge in [0.2, 0.25) is 0 Å². The zero-order chi connectivity index (χ0) is 14.0. The maximum Gasteiger partial charge on any atom is 0.410 e. The monoisotopic (exact) mass is 258 g/mol. The zero-order valence-electron chi connectivity index (χ0n) is 11.5. The molecule has 0 radical (unpaired) electrons. The van der Waals surface area contributed by atoms with Gasteiger partial charge in [-0.2, -0.15) is 0 Å². The predicted octanol–water partition coefficient (Wildman–Crippen LogP) is 0.888. The molecule has 0 aromatic heterocycles. The molecule has 1 unspecified atom stereocenters. The number of esters is 1. The van der Waals surface area contributed by atoms with Gasteiger partial charge in [0.15, 0.2) is 0 Å². The van der Waals surface area contributed by atoms with Crippen LogP contribution in [0.1, 0.15) is 33.6 Å². The van der Waals surface area contributed by atoms with E-state index >= 15 is 0 Å². The molecule has 1 aliphatic rings. The summed E-state index contributed by atoms with van der Waals surface area (Å²) in [5.41, 5.74) is 4.30. The van der Waals surface area contributed by atoms with Crippen molar-refractivity contribution in [2.24, 2.45) is 5.73 Å². The maximum atomic E-state index is 11.9. The van der Waals surface area contributed by atoms with Crippen LogP contribution in [-0.4, -0.2) is 48.3 Å². The third kappa shape index (κ3) is 3.60. The van der Waals surface area contributed by atoms with Gasteiger partial charge in [-0.3, -0.25) is 0 Å². The zero-order valence-corrected chi connectivity index (χ0v) is 11.5. The van der Waals surface area contributed by atoms with Gasteiger partial charge in [-0.05, 0) is 33.6 Å². The van der Waals surface area contributed by atoms with E-state index in [-0.39, 0.29) is 6.54 Å². The molecule has 0 aromatic carbocycles. The lowest BCUT2D eigenvalue weighted by molar-refractivity contribution is -0.149. The van der Waals surface area contributed by atoms with Crippen molar-refractivity contribution >= 4 is 12.1 Å². The van der Waals surface area contributed by atoms with Gasteiger partial charge in [0, 0.05) is 6.54 Å². The van der Waals surface area contributed by atoms with E-state index in [0.717, 1.165) is 0 Å². The minimum Gasteiger partial charge on any atom is -0.468 e. The summed E-state index contributed by atoms with van der Waals surface area (Å²) in [5.74, 6) is -0.490. The fourth-order valence-electron chi connectivity index (χ4n) is 1.94. The second-order valence-electron chi connectivity index (χ2n) is 5.65. The molecule has 0 bridgehead atoms. The van der Waals surface area contributed by atoms with Gasteiger partial charge < -0.3 is 20.1 Å². The van der Waals surface area contributed by atoms with Crippen LogP contribution in [-0.2, 0) is 14.3 Å². The second-order valence-corrected chi connectivity index (χ2v) is 5.65. The Bertz CT molecular complexity index is 337. The third-order valence-electron chi connectivity index (χ3n) is 2.77. The molecule has 0 spiro atoms. The number of likely N-dealkylation sites (tertiary alicyclic amines) is 1. The third-order valence-corrected chi connectivity index (χ3v) is 2.77. The van der Waals surface area contributed by atoms with Gasteiger partial charge in [0.25, 0.3) is 0 Å². The number of piperidine rings is 1. The van der Waals surface area contributed by atoms with Crippen molar-refractivity contribution in [1.82, 2.24) is 4.90 Å². The molecule has 0 saturated carbocycles. The fourth-order valence-corrected chi connectivity index (χ4v) is 1.94.